The fourth-order valence-corrected chi connectivity index (χ4v) is 2.43. The van der Waals surface area contributed by atoms with Crippen LogP contribution in [-0.4, -0.2) is 53.0 Å². The predicted molar refractivity (Wildman–Crippen MR) is 86.1 cm³/mol. The second kappa shape index (κ2) is 6.56. The number of nitrogens with two attached hydrogens (primary N) is 1. The highest BCUT2D eigenvalue weighted by Crippen LogP contribution is 2.24. The summed E-state index contributed by atoms with van der Waals surface area (Å²) in [6.07, 6.45) is 0.534. The molecule has 1 aliphatic rings. The molecular weight excluding hydrogens is 306 g/mol. The van der Waals surface area contributed by atoms with Gasteiger partial charge in [0.05, 0.1) is 5.69 Å². The summed E-state index contributed by atoms with van der Waals surface area (Å²) in [6.45, 7) is 8.21. The average Bonchev–Trinajstić information content (AvgIpc) is 2.65. The smallest absolute Gasteiger partial charge is 0.410 e. The molecule has 2 heterocycles. The number of hydrogen-bond donors (Lipinski definition) is 1. The number of hydrogen-bond acceptors (Lipinski definition) is 6. The standard InChI is InChI=1S/C14H22ClN5O2/c1-14(2,3)22-13(21)20-6-4-5-19(7-8-20)10-9-11(15)17-18-12(10)16/h9H,4-8H2,1-3H3,(H2,16,18). The fourth-order valence-electron chi connectivity index (χ4n) is 2.29. The van der Waals surface area contributed by atoms with Gasteiger partial charge in [-0.1, -0.05) is 11.6 Å². The minimum Gasteiger partial charge on any atom is -0.444 e. The highest BCUT2D eigenvalue weighted by Gasteiger charge is 2.25. The highest BCUT2D eigenvalue weighted by atomic mass is 35.5. The lowest BCUT2D eigenvalue weighted by Crippen LogP contribution is -2.39. The summed E-state index contributed by atoms with van der Waals surface area (Å²) in [6, 6.07) is 1.70. The van der Waals surface area contributed by atoms with Crippen molar-refractivity contribution in [1.82, 2.24) is 15.1 Å². The van der Waals surface area contributed by atoms with E-state index < -0.39 is 5.60 Å². The van der Waals surface area contributed by atoms with Crippen molar-refractivity contribution in [2.75, 3.05) is 36.8 Å². The zero-order chi connectivity index (χ0) is 16.3. The molecule has 22 heavy (non-hydrogen) atoms. The van der Waals surface area contributed by atoms with E-state index in [1.54, 1.807) is 11.0 Å². The van der Waals surface area contributed by atoms with Gasteiger partial charge in [0.15, 0.2) is 11.0 Å². The van der Waals surface area contributed by atoms with E-state index in [4.69, 9.17) is 22.1 Å². The number of aromatic nitrogens is 2. The van der Waals surface area contributed by atoms with Crippen LogP contribution in [0.4, 0.5) is 16.3 Å². The van der Waals surface area contributed by atoms with Gasteiger partial charge in [-0.2, -0.15) is 0 Å². The maximum Gasteiger partial charge on any atom is 0.410 e. The first-order valence-corrected chi connectivity index (χ1v) is 7.65. The van der Waals surface area contributed by atoms with Crippen LogP contribution in [0.15, 0.2) is 6.07 Å². The number of carbonyl (C=O) groups excluding carboxylic acids is 1. The van der Waals surface area contributed by atoms with Gasteiger partial charge in [0, 0.05) is 32.2 Å². The molecule has 1 amide bonds. The first kappa shape index (κ1) is 16.6. The fraction of sp³-hybridized carbons (Fsp3) is 0.643. The molecule has 0 atom stereocenters. The third-order valence-corrected chi connectivity index (χ3v) is 3.44. The zero-order valence-electron chi connectivity index (χ0n) is 13.2. The monoisotopic (exact) mass is 327 g/mol. The first-order chi connectivity index (χ1) is 10.3. The Hall–Kier alpha value is -1.76. The molecule has 122 valence electrons. The van der Waals surface area contributed by atoms with E-state index in [-0.39, 0.29) is 6.09 Å². The van der Waals surface area contributed by atoms with E-state index in [2.05, 4.69) is 15.1 Å². The van der Waals surface area contributed by atoms with Gasteiger partial charge < -0.3 is 20.3 Å². The van der Waals surface area contributed by atoms with Crippen LogP contribution in [0.5, 0.6) is 0 Å². The summed E-state index contributed by atoms with van der Waals surface area (Å²) in [5.41, 5.74) is 6.14. The number of anilines is 2. The first-order valence-electron chi connectivity index (χ1n) is 7.28. The zero-order valence-corrected chi connectivity index (χ0v) is 13.9. The Balaban J connectivity index is 2.03. The quantitative estimate of drug-likeness (QED) is 0.850. The SMILES string of the molecule is CC(C)(C)OC(=O)N1CCCN(c2cc(Cl)nnc2N)CC1. The lowest BCUT2D eigenvalue weighted by Gasteiger charge is -2.27. The van der Waals surface area contributed by atoms with Crippen molar-refractivity contribution < 1.29 is 9.53 Å². The van der Waals surface area contributed by atoms with E-state index in [0.29, 0.717) is 30.6 Å². The number of nitrogen functional groups attached to an aromatic ring is 1. The number of rotatable bonds is 1. The van der Waals surface area contributed by atoms with E-state index in [0.717, 1.165) is 18.7 Å². The van der Waals surface area contributed by atoms with Crippen LogP contribution in [0, 0.1) is 0 Å². The molecule has 0 aliphatic carbocycles. The molecule has 0 aromatic carbocycles. The molecule has 0 saturated carbocycles. The molecule has 1 aromatic rings. The molecule has 7 nitrogen and oxygen atoms in total. The van der Waals surface area contributed by atoms with Gasteiger partial charge in [0.2, 0.25) is 0 Å². The summed E-state index contributed by atoms with van der Waals surface area (Å²) < 4.78 is 5.42. The van der Waals surface area contributed by atoms with Gasteiger partial charge in [-0.3, -0.25) is 0 Å². The summed E-state index contributed by atoms with van der Waals surface area (Å²) in [7, 11) is 0. The molecule has 0 bridgehead atoms. The normalized spacial score (nSPS) is 16.4. The molecule has 0 spiro atoms. The molecule has 1 fully saturated rings. The predicted octanol–water partition coefficient (Wildman–Crippen LogP) is 2.16. The van der Waals surface area contributed by atoms with Crippen molar-refractivity contribution in [2.45, 2.75) is 32.8 Å². The van der Waals surface area contributed by atoms with Crippen LogP contribution in [0.25, 0.3) is 0 Å². The lowest BCUT2D eigenvalue weighted by atomic mass is 10.2. The second-order valence-electron chi connectivity index (χ2n) is 6.25. The van der Waals surface area contributed by atoms with Gasteiger partial charge in [-0.25, -0.2) is 4.79 Å². The van der Waals surface area contributed by atoms with Crippen LogP contribution < -0.4 is 10.6 Å². The maximum atomic E-state index is 12.1. The Bertz CT molecular complexity index is 547. The molecule has 2 rings (SSSR count). The van der Waals surface area contributed by atoms with Gasteiger partial charge in [-0.05, 0) is 27.2 Å². The molecule has 1 saturated heterocycles. The Morgan fingerprint density at radius 1 is 1.27 bits per heavy atom. The lowest BCUT2D eigenvalue weighted by molar-refractivity contribution is 0.0263. The molecule has 1 aliphatic heterocycles. The Morgan fingerprint density at radius 2 is 2.00 bits per heavy atom. The summed E-state index contributed by atoms with van der Waals surface area (Å²) in [5.74, 6) is 0.343. The van der Waals surface area contributed by atoms with Crippen molar-refractivity contribution in [3.05, 3.63) is 11.2 Å². The van der Waals surface area contributed by atoms with Crippen LogP contribution in [0.1, 0.15) is 27.2 Å². The number of amides is 1. The van der Waals surface area contributed by atoms with E-state index >= 15 is 0 Å². The van der Waals surface area contributed by atoms with Crippen molar-refractivity contribution in [2.24, 2.45) is 0 Å². The third-order valence-electron chi connectivity index (χ3n) is 3.26. The van der Waals surface area contributed by atoms with Crippen molar-refractivity contribution in [1.29, 1.82) is 0 Å². The van der Waals surface area contributed by atoms with Crippen LogP contribution in [0.3, 0.4) is 0 Å². The molecular formula is C14H22ClN5O2. The molecule has 2 N–H and O–H groups in total. The third kappa shape index (κ3) is 4.37. The summed E-state index contributed by atoms with van der Waals surface area (Å²) in [5, 5.41) is 7.86. The van der Waals surface area contributed by atoms with Crippen LogP contribution in [0.2, 0.25) is 5.15 Å². The van der Waals surface area contributed by atoms with Gasteiger partial charge in [-0.15, -0.1) is 10.2 Å². The highest BCUT2D eigenvalue weighted by molar-refractivity contribution is 6.29. The number of carbonyl (C=O) groups is 1. The van der Waals surface area contributed by atoms with E-state index in [1.807, 2.05) is 20.8 Å². The van der Waals surface area contributed by atoms with Crippen molar-refractivity contribution >= 4 is 29.2 Å². The van der Waals surface area contributed by atoms with Crippen LogP contribution in [-0.2, 0) is 4.74 Å². The van der Waals surface area contributed by atoms with Gasteiger partial charge in [0.1, 0.15) is 5.60 Å². The second-order valence-corrected chi connectivity index (χ2v) is 6.63. The Labute approximate surface area is 135 Å². The Kier molecular flexibility index (Phi) is 4.95. The molecule has 0 radical (unpaired) electrons. The number of ether oxygens (including phenoxy) is 1. The van der Waals surface area contributed by atoms with E-state index in [1.165, 1.54) is 0 Å². The minimum absolute atomic E-state index is 0.284. The average molecular weight is 328 g/mol. The number of halogens is 1. The molecule has 0 unspecified atom stereocenters. The minimum atomic E-state index is -0.490. The number of nitrogens with zero attached hydrogens (tertiary/aromatic N) is 4. The van der Waals surface area contributed by atoms with Crippen LogP contribution >= 0.6 is 11.6 Å². The molecule has 1 aromatic heterocycles. The maximum absolute atomic E-state index is 12.1. The van der Waals surface area contributed by atoms with Gasteiger partial charge in [0.25, 0.3) is 0 Å². The topological polar surface area (TPSA) is 84.6 Å². The molecule has 8 heteroatoms. The van der Waals surface area contributed by atoms with Crippen molar-refractivity contribution in [3.63, 3.8) is 0 Å². The summed E-state index contributed by atoms with van der Waals surface area (Å²) in [4.78, 5) is 15.9. The van der Waals surface area contributed by atoms with E-state index in [9.17, 15) is 4.79 Å². The Morgan fingerprint density at radius 3 is 2.68 bits per heavy atom. The van der Waals surface area contributed by atoms with Gasteiger partial charge >= 0.3 is 6.09 Å². The largest absolute Gasteiger partial charge is 0.444 e. The van der Waals surface area contributed by atoms with Crippen molar-refractivity contribution in [3.8, 4) is 0 Å². The summed E-state index contributed by atoms with van der Waals surface area (Å²) >= 11 is 5.89.